The summed E-state index contributed by atoms with van der Waals surface area (Å²) >= 11 is 0. The molecule has 0 amide bonds. The van der Waals surface area contributed by atoms with Crippen molar-refractivity contribution in [3.05, 3.63) is 0 Å². The van der Waals surface area contributed by atoms with Crippen LogP contribution in [0.1, 0.15) is 6.92 Å². The highest BCUT2D eigenvalue weighted by Crippen LogP contribution is 2.46. The molecule has 0 saturated heterocycles. The maximum Gasteiger partial charge on any atom is 0.459 e. The molecule has 0 aliphatic heterocycles. The molecule has 1 atom stereocenters. The van der Waals surface area contributed by atoms with Gasteiger partial charge in [0.05, 0.1) is 12.7 Å². The fourth-order valence-corrected chi connectivity index (χ4v) is 0.656. The van der Waals surface area contributed by atoms with E-state index in [1.807, 2.05) is 0 Å². The summed E-state index contributed by atoms with van der Waals surface area (Å²) in [4.78, 5) is 0. The molecule has 0 radical (unpaired) electrons. The van der Waals surface area contributed by atoms with E-state index in [-0.39, 0.29) is 0 Å². The van der Waals surface area contributed by atoms with Crippen molar-refractivity contribution in [3.63, 3.8) is 0 Å². The third-order valence-corrected chi connectivity index (χ3v) is 1.46. The van der Waals surface area contributed by atoms with Crippen molar-refractivity contribution < 1.29 is 40.6 Å². The van der Waals surface area contributed by atoms with E-state index in [1.54, 1.807) is 0 Å². The Morgan fingerprint density at radius 3 is 1.81 bits per heavy atom. The first kappa shape index (κ1) is 15.4. The highest BCUT2D eigenvalue weighted by molar-refractivity contribution is 4.90. The van der Waals surface area contributed by atoms with E-state index in [0.29, 0.717) is 0 Å². The molecular formula is C7H9F7O2. The topological polar surface area (TPSA) is 29.5 Å². The van der Waals surface area contributed by atoms with Crippen molar-refractivity contribution in [1.82, 2.24) is 0 Å². The van der Waals surface area contributed by atoms with Crippen LogP contribution in [0.15, 0.2) is 0 Å². The first-order valence-corrected chi connectivity index (χ1v) is 4.00. The van der Waals surface area contributed by atoms with Crippen LogP contribution in [0, 0.1) is 0 Å². The number of hydrogen-bond donors (Lipinski definition) is 1. The number of aliphatic hydroxyl groups is 1. The zero-order chi connectivity index (χ0) is 13.2. The van der Waals surface area contributed by atoms with Crippen LogP contribution in [0.25, 0.3) is 0 Å². The van der Waals surface area contributed by atoms with Gasteiger partial charge in [0, 0.05) is 0 Å². The maximum absolute atomic E-state index is 12.5. The van der Waals surface area contributed by atoms with Crippen LogP contribution in [0.5, 0.6) is 0 Å². The Balaban J connectivity index is 4.53. The molecule has 0 aliphatic carbocycles. The number of hydrogen-bond acceptors (Lipinski definition) is 2. The number of aliphatic hydroxyl groups excluding tert-OH is 1. The van der Waals surface area contributed by atoms with Crippen LogP contribution in [0.3, 0.4) is 0 Å². The van der Waals surface area contributed by atoms with Crippen LogP contribution in [-0.2, 0) is 4.74 Å². The predicted molar refractivity (Wildman–Crippen MR) is 38.4 cm³/mol. The van der Waals surface area contributed by atoms with Crippen molar-refractivity contribution in [2.45, 2.75) is 31.0 Å². The van der Waals surface area contributed by atoms with Crippen LogP contribution in [-0.4, -0.2) is 42.4 Å². The summed E-state index contributed by atoms with van der Waals surface area (Å²) in [7, 11) is 0. The van der Waals surface area contributed by atoms with E-state index in [0.717, 1.165) is 6.92 Å². The molecule has 1 unspecified atom stereocenters. The number of ether oxygens (including phenoxy) is 1. The van der Waals surface area contributed by atoms with Gasteiger partial charge in [-0.1, -0.05) is 0 Å². The van der Waals surface area contributed by atoms with Crippen LogP contribution < -0.4 is 0 Å². The Labute approximate surface area is 86.0 Å². The van der Waals surface area contributed by atoms with Gasteiger partial charge in [0.1, 0.15) is 6.61 Å². The molecule has 0 fully saturated rings. The predicted octanol–water partition coefficient (Wildman–Crippen LogP) is 2.22. The summed E-state index contributed by atoms with van der Waals surface area (Å²) in [5.41, 5.74) is 0. The third kappa shape index (κ3) is 3.48. The van der Waals surface area contributed by atoms with Gasteiger partial charge in [0.25, 0.3) is 0 Å². The van der Waals surface area contributed by atoms with E-state index in [1.165, 1.54) is 0 Å². The Hall–Kier alpha value is -0.570. The molecule has 0 saturated carbocycles. The summed E-state index contributed by atoms with van der Waals surface area (Å²) in [5.74, 6) is -11.5. The zero-order valence-corrected chi connectivity index (χ0v) is 7.99. The van der Waals surface area contributed by atoms with Crippen molar-refractivity contribution in [2.75, 3.05) is 13.2 Å². The van der Waals surface area contributed by atoms with Crippen LogP contribution in [0.4, 0.5) is 30.7 Å². The maximum atomic E-state index is 12.5. The smallest absolute Gasteiger partial charge is 0.391 e. The van der Waals surface area contributed by atoms with Gasteiger partial charge in [-0.2, -0.15) is 30.7 Å². The molecule has 0 spiro atoms. The highest BCUT2D eigenvalue weighted by Gasteiger charge is 2.72. The average Bonchev–Trinajstić information content (AvgIpc) is 2.00. The number of alkyl halides is 7. The Kier molecular flexibility index (Phi) is 4.57. The minimum Gasteiger partial charge on any atom is -0.391 e. The molecule has 9 heteroatoms. The van der Waals surface area contributed by atoms with Gasteiger partial charge in [-0.15, -0.1) is 0 Å². The monoisotopic (exact) mass is 258 g/mol. The van der Waals surface area contributed by atoms with Gasteiger partial charge in [-0.3, -0.25) is 0 Å². The fourth-order valence-electron chi connectivity index (χ4n) is 0.656. The van der Waals surface area contributed by atoms with Gasteiger partial charge in [0.15, 0.2) is 0 Å². The first-order valence-electron chi connectivity index (χ1n) is 4.00. The van der Waals surface area contributed by atoms with Crippen molar-refractivity contribution >= 4 is 0 Å². The van der Waals surface area contributed by atoms with Gasteiger partial charge in [-0.25, -0.2) is 0 Å². The van der Waals surface area contributed by atoms with Crippen molar-refractivity contribution in [3.8, 4) is 0 Å². The normalized spacial score (nSPS) is 16.3. The molecule has 0 aromatic heterocycles. The standard InChI is InChI=1S/C7H9F7O2/c1-4(15)2-16-3-5(8,9)6(10,11)7(12,13)14/h4,15H,2-3H2,1H3. The molecular weight excluding hydrogens is 249 g/mol. The lowest BCUT2D eigenvalue weighted by Gasteiger charge is -2.27. The second-order valence-electron chi connectivity index (χ2n) is 3.14. The Morgan fingerprint density at radius 2 is 1.50 bits per heavy atom. The Bertz CT molecular complexity index is 223. The molecule has 1 N–H and O–H groups in total. The summed E-state index contributed by atoms with van der Waals surface area (Å²) in [6, 6.07) is 0. The quantitative estimate of drug-likeness (QED) is 0.766. The zero-order valence-electron chi connectivity index (χ0n) is 7.99. The minimum absolute atomic E-state index is 0.760. The molecule has 0 aliphatic rings. The van der Waals surface area contributed by atoms with Gasteiger partial charge in [-0.05, 0) is 6.92 Å². The molecule has 2 nitrogen and oxygen atoms in total. The van der Waals surface area contributed by atoms with E-state index >= 15 is 0 Å². The molecule has 0 aromatic rings. The van der Waals surface area contributed by atoms with E-state index < -0.39 is 37.3 Å². The van der Waals surface area contributed by atoms with Gasteiger partial charge >= 0.3 is 18.0 Å². The molecule has 0 heterocycles. The second kappa shape index (κ2) is 4.74. The fraction of sp³-hybridized carbons (Fsp3) is 1.00. The average molecular weight is 258 g/mol. The van der Waals surface area contributed by atoms with Crippen LogP contribution in [0.2, 0.25) is 0 Å². The molecule has 98 valence electrons. The van der Waals surface area contributed by atoms with E-state index in [2.05, 4.69) is 4.74 Å². The number of rotatable bonds is 5. The minimum atomic E-state index is -6.36. The summed E-state index contributed by atoms with van der Waals surface area (Å²) in [5, 5.41) is 8.53. The lowest BCUT2D eigenvalue weighted by molar-refractivity contribution is -0.361. The number of halogens is 7. The summed E-state index contributed by atoms with van der Waals surface area (Å²) in [6.07, 6.45) is -7.60. The second-order valence-corrected chi connectivity index (χ2v) is 3.14. The van der Waals surface area contributed by atoms with E-state index in [4.69, 9.17) is 5.11 Å². The molecule has 0 aromatic carbocycles. The third-order valence-electron chi connectivity index (χ3n) is 1.46. The summed E-state index contributed by atoms with van der Waals surface area (Å²) < 4.78 is 88.0. The highest BCUT2D eigenvalue weighted by atomic mass is 19.4. The van der Waals surface area contributed by atoms with Gasteiger partial charge in [0.2, 0.25) is 0 Å². The lowest BCUT2D eigenvalue weighted by atomic mass is 10.2. The molecule has 16 heavy (non-hydrogen) atoms. The SMILES string of the molecule is CC(O)COCC(F)(F)C(F)(F)C(F)(F)F. The van der Waals surface area contributed by atoms with Crippen LogP contribution >= 0.6 is 0 Å². The van der Waals surface area contributed by atoms with Crippen molar-refractivity contribution in [2.24, 2.45) is 0 Å². The molecule has 0 bridgehead atoms. The van der Waals surface area contributed by atoms with Gasteiger partial charge < -0.3 is 9.84 Å². The lowest BCUT2D eigenvalue weighted by Crippen LogP contribution is -2.54. The van der Waals surface area contributed by atoms with Crippen molar-refractivity contribution in [1.29, 1.82) is 0 Å². The van der Waals surface area contributed by atoms with E-state index in [9.17, 15) is 30.7 Å². The first-order chi connectivity index (χ1) is 6.92. The summed E-state index contributed by atoms with van der Waals surface area (Å²) in [6.45, 7) is -1.78. The Morgan fingerprint density at radius 1 is 1.06 bits per heavy atom. The molecule has 0 rings (SSSR count). The largest absolute Gasteiger partial charge is 0.459 e.